The van der Waals surface area contributed by atoms with E-state index in [1.54, 1.807) is 0 Å². The topological polar surface area (TPSA) is 61.3 Å². The Morgan fingerprint density at radius 2 is 2.22 bits per heavy atom. The van der Waals surface area contributed by atoms with E-state index in [2.05, 4.69) is 14.7 Å². The van der Waals surface area contributed by atoms with Crippen LogP contribution in [-0.2, 0) is 13.2 Å². The van der Waals surface area contributed by atoms with Crippen LogP contribution in [-0.4, -0.2) is 28.6 Å². The highest BCUT2D eigenvalue weighted by Crippen LogP contribution is 2.16. The molecule has 0 fully saturated rings. The van der Waals surface area contributed by atoms with Crippen molar-refractivity contribution >= 4 is 22.4 Å². The lowest BCUT2D eigenvalue weighted by molar-refractivity contribution is 0.282. The Morgan fingerprint density at radius 3 is 2.89 bits per heavy atom. The van der Waals surface area contributed by atoms with E-state index in [0.29, 0.717) is 6.54 Å². The summed E-state index contributed by atoms with van der Waals surface area (Å²) in [6.45, 7) is 0.633. The molecule has 0 spiro atoms. The van der Waals surface area contributed by atoms with Crippen molar-refractivity contribution in [2.45, 2.75) is 13.2 Å². The Bertz CT molecular complexity index is 512. The molecular weight excluding hydrogens is 248 g/mol. The number of nitrogens with zero attached hydrogens (tertiary/aromatic N) is 3. The fourth-order valence-corrected chi connectivity index (χ4v) is 2.06. The van der Waals surface area contributed by atoms with Crippen LogP contribution in [0.1, 0.15) is 11.4 Å². The number of rotatable bonds is 5. The third-order valence-electron chi connectivity index (χ3n) is 2.40. The molecular formula is C12H16N4OS. The lowest BCUT2D eigenvalue weighted by Gasteiger charge is -2.06. The molecule has 2 N–H and O–H groups in total. The number of benzene rings is 1. The smallest absolute Gasteiger partial charge is 0.204 e. The van der Waals surface area contributed by atoms with Crippen molar-refractivity contribution in [3.63, 3.8) is 0 Å². The molecule has 0 amide bonds. The van der Waals surface area contributed by atoms with Crippen molar-refractivity contribution in [3.05, 3.63) is 35.7 Å². The first-order valence-corrected chi connectivity index (χ1v) is 6.40. The SMILES string of the molecule is CN(C)c1nc(CNc2cccc(CO)c2)ns1. The van der Waals surface area contributed by atoms with Gasteiger partial charge in [0.25, 0.3) is 0 Å². The molecule has 0 radical (unpaired) electrons. The Kier molecular flexibility index (Phi) is 4.11. The van der Waals surface area contributed by atoms with Crippen molar-refractivity contribution in [3.8, 4) is 0 Å². The lowest BCUT2D eigenvalue weighted by atomic mass is 10.2. The quantitative estimate of drug-likeness (QED) is 0.861. The molecule has 1 aromatic carbocycles. The van der Waals surface area contributed by atoms with Crippen LogP contribution in [0.4, 0.5) is 10.8 Å². The maximum atomic E-state index is 9.06. The third kappa shape index (κ3) is 3.18. The molecule has 0 atom stereocenters. The van der Waals surface area contributed by atoms with E-state index in [-0.39, 0.29) is 6.61 Å². The van der Waals surface area contributed by atoms with E-state index < -0.39 is 0 Å². The summed E-state index contributed by atoms with van der Waals surface area (Å²) in [6.07, 6.45) is 0. The van der Waals surface area contributed by atoms with Crippen LogP contribution in [0.25, 0.3) is 0 Å². The second-order valence-electron chi connectivity index (χ2n) is 4.10. The Balaban J connectivity index is 1.97. The third-order valence-corrected chi connectivity index (χ3v) is 3.32. The average Bonchev–Trinajstić information content (AvgIpc) is 2.85. The van der Waals surface area contributed by atoms with Crippen molar-refractivity contribution in [2.24, 2.45) is 0 Å². The van der Waals surface area contributed by atoms with Crippen LogP contribution in [0.2, 0.25) is 0 Å². The van der Waals surface area contributed by atoms with Gasteiger partial charge >= 0.3 is 0 Å². The van der Waals surface area contributed by atoms with Crippen molar-refractivity contribution in [1.29, 1.82) is 0 Å². The normalized spacial score (nSPS) is 10.4. The molecule has 2 aromatic rings. The number of aromatic nitrogens is 2. The second-order valence-corrected chi connectivity index (χ2v) is 4.83. The molecule has 1 aromatic heterocycles. The minimum absolute atomic E-state index is 0.0508. The number of anilines is 2. The van der Waals surface area contributed by atoms with Crippen molar-refractivity contribution in [1.82, 2.24) is 9.36 Å². The summed E-state index contributed by atoms with van der Waals surface area (Å²) in [6, 6.07) is 7.67. The highest BCUT2D eigenvalue weighted by molar-refractivity contribution is 7.09. The van der Waals surface area contributed by atoms with Gasteiger partial charge in [0.05, 0.1) is 13.2 Å². The summed E-state index contributed by atoms with van der Waals surface area (Å²) in [5.41, 5.74) is 1.85. The van der Waals surface area contributed by atoms with Gasteiger partial charge in [0.1, 0.15) is 0 Å². The summed E-state index contributed by atoms with van der Waals surface area (Å²) < 4.78 is 4.27. The van der Waals surface area contributed by atoms with Crippen LogP contribution in [0.5, 0.6) is 0 Å². The van der Waals surface area contributed by atoms with Gasteiger partial charge in [0, 0.05) is 31.3 Å². The summed E-state index contributed by atoms with van der Waals surface area (Å²) >= 11 is 1.39. The van der Waals surface area contributed by atoms with E-state index in [9.17, 15) is 0 Å². The zero-order valence-corrected chi connectivity index (χ0v) is 11.2. The molecule has 0 saturated heterocycles. The van der Waals surface area contributed by atoms with E-state index in [1.165, 1.54) is 11.5 Å². The number of hydrogen-bond donors (Lipinski definition) is 2. The minimum Gasteiger partial charge on any atom is -0.392 e. The first-order valence-electron chi connectivity index (χ1n) is 5.62. The first-order chi connectivity index (χ1) is 8.69. The maximum absolute atomic E-state index is 9.06. The lowest BCUT2D eigenvalue weighted by Crippen LogP contribution is -2.08. The van der Waals surface area contributed by atoms with Gasteiger partial charge in [-0.05, 0) is 17.7 Å². The number of hydrogen-bond acceptors (Lipinski definition) is 6. The highest BCUT2D eigenvalue weighted by Gasteiger charge is 2.05. The fourth-order valence-electron chi connectivity index (χ4n) is 1.46. The van der Waals surface area contributed by atoms with Crippen molar-refractivity contribution in [2.75, 3.05) is 24.3 Å². The van der Waals surface area contributed by atoms with E-state index in [1.807, 2.05) is 43.3 Å². The van der Waals surface area contributed by atoms with Gasteiger partial charge in [-0.2, -0.15) is 4.37 Å². The number of aliphatic hydroxyl groups is 1. The zero-order chi connectivity index (χ0) is 13.0. The summed E-state index contributed by atoms with van der Waals surface area (Å²) in [5.74, 6) is 0.776. The molecule has 0 saturated carbocycles. The maximum Gasteiger partial charge on any atom is 0.204 e. The standard InChI is InChI=1S/C12H16N4OS/c1-16(2)12-14-11(15-18-12)7-13-10-5-3-4-9(6-10)8-17/h3-6,13,17H,7-8H2,1-2H3. The van der Waals surface area contributed by atoms with Gasteiger partial charge in [-0.15, -0.1) is 0 Å². The van der Waals surface area contributed by atoms with Gasteiger partial charge in [-0.3, -0.25) is 0 Å². The number of aliphatic hydroxyl groups excluding tert-OH is 1. The van der Waals surface area contributed by atoms with E-state index >= 15 is 0 Å². The van der Waals surface area contributed by atoms with Crippen LogP contribution in [0.3, 0.4) is 0 Å². The van der Waals surface area contributed by atoms with Gasteiger partial charge in [0.2, 0.25) is 5.13 Å². The Hall–Kier alpha value is -1.66. The minimum atomic E-state index is 0.0508. The van der Waals surface area contributed by atoms with Crippen LogP contribution in [0.15, 0.2) is 24.3 Å². The van der Waals surface area contributed by atoms with Crippen LogP contribution < -0.4 is 10.2 Å². The van der Waals surface area contributed by atoms with Gasteiger partial charge < -0.3 is 15.3 Å². The Labute approximate surface area is 110 Å². The molecule has 0 unspecified atom stereocenters. The average molecular weight is 264 g/mol. The first kappa shape index (κ1) is 12.8. The predicted octanol–water partition coefficient (Wildman–Crippen LogP) is 1.71. The largest absolute Gasteiger partial charge is 0.392 e. The van der Waals surface area contributed by atoms with Crippen molar-refractivity contribution < 1.29 is 5.11 Å². The molecule has 5 nitrogen and oxygen atoms in total. The molecule has 0 aliphatic rings. The Morgan fingerprint density at radius 1 is 1.39 bits per heavy atom. The molecule has 2 rings (SSSR count). The van der Waals surface area contributed by atoms with E-state index in [0.717, 1.165) is 22.2 Å². The zero-order valence-electron chi connectivity index (χ0n) is 10.4. The monoisotopic (exact) mass is 264 g/mol. The molecule has 96 valence electrons. The molecule has 0 aliphatic heterocycles. The molecule has 6 heteroatoms. The highest BCUT2D eigenvalue weighted by atomic mass is 32.1. The fraction of sp³-hybridized carbons (Fsp3) is 0.333. The van der Waals surface area contributed by atoms with Gasteiger partial charge in [0.15, 0.2) is 5.82 Å². The number of nitrogens with one attached hydrogen (secondary N) is 1. The summed E-state index contributed by atoms with van der Waals surface area (Å²) in [5, 5.41) is 13.2. The van der Waals surface area contributed by atoms with Gasteiger partial charge in [-0.25, -0.2) is 4.98 Å². The summed E-state index contributed by atoms with van der Waals surface area (Å²) in [4.78, 5) is 6.33. The van der Waals surface area contributed by atoms with E-state index in [4.69, 9.17) is 5.11 Å². The predicted molar refractivity (Wildman–Crippen MR) is 73.9 cm³/mol. The molecule has 0 bridgehead atoms. The molecule has 1 heterocycles. The summed E-state index contributed by atoms with van der Waals surface area (Å²) in [7, 11) is 3.89. The second kappa shape index (κ2) is 5.79. The molecule has 0 aliphatic carbocycles. The molecule has 18 heavy (non-hydrogen) atoms. The van der Waals surface area contributed by atoms with Gasteiger partial charge in [-0.1, -0.05) is 12.1 Å². The van der Waals surface area contributed by atoms with Crippen LogP contribution in [0, 0.1) is 0 Å². The van der Waals surface area contributed by atoms with Crippen LogP contribution >= 0.6 is 11.5 Å².